The number of aromatic nitrogens is 3. The van der Waals surface area contributed by atoms with Crippen LogP contribution < -0.4 is 20.5 Å². The molecule has 0 saturated carbocycles. The molecule has 2 aromatic carbocycles. The van der Waals surface area contributed by atoms with Crippen LogP contribution in [-0.2, 0) is 6.54 Å². The van der Waals surface area contributed by atoms with E-state index >= 15 is 0 Å². The van der Waals surface area contributed by atoms with Crippen LogP contribution in [-0.4, -0.2) is 41.3 Å². The second-order valence-electron chi connectivity index (χ2n) is 8.56. The molecule has 1 fully saturated rings. The Kier molecular flexibility index (Phi) is 9.69. The van der Waals surface area contributed by atoms with Crippen LogP contribution in [0.3, 0.4) is 0 Å². The van der Waals surface area contributed by atoms with Crippen molar-refractivity contribution >= 4 is 30.8 Å². The highest BCUT2D eigenvalue weighted by Crippen LogP contribution is 2.27. The summed E-state index contributed by atoms with van der Waals surface area (Å²) in [5.74, 6) is 1.57. The largest absolute Gasteiger partial charge is 0.497 e. The molecule has 7 nitrogen and oxygen atoms in total. The van der Waals surface area contributed by atoms with Crippen LogP contribution in [0.5, 0.6) is 5.75 Å². The van der Waals surface area contributed by atoms with Crippen LogP contribution in [0.2, 0.25) is 0 Å². The zero-order valence-electron chi connectivity index (χ0n) is 20.8. The van der Waals surface area contributed by atoms with E-state index in [1.165, 1.54) is 5.56 Å². The molecule has 0 amide bonds. The Bertz CT molecular complexity index is 1350. The van der Waals surface area contributed by atoms with E-state index in [4.69, 9.17) is 9.72 Å². The highest BCUT2D eigenvalue weighted by atomic mass is 35.5. The summed E-state index contributed by atoms with van der Waals surface area (Å²) >= 11 is 0. The van der Waals surface area contributed by atoms with Crippen molar-refractivity contribution < 1.29 is 4.74 Å². The van der Waals surface area contributed by atoms with Gasteiger partial charge in [-0.3, -0.25) is 14.3 Å². The quantitative estimate of drug-likeness (QED) is 0.372. The molecule has 2 aromatic heterocycles. The van der Waals surface area contributed by atoms with Gasteiger partial charge in [0.2, 0.25) is 5.95 Å². The standard InChI is InChI=1S/C28H29N5O2.2ClH/c1-3-33-27(34)18-25(23-12-14-29-15-13-23)31-28(33)32-17-16-30-26(19-32)22-6-4-20(5-7-22)21-8-10-24(35-2)11-9-21;;/h4-15,18,26,30H,3,16-17,19H2,1-2H3;2*1H/t26-;;/m1../s1. The van der Waals surface area contributed by atoms with E-state index in [2.05, 4.69) is 51.6 Å². The molecule has 1 aliphatic heterocycles. The molecule has 3 heterocycles. The van der Waals surface area contributed by atoms with Gasteiger partial charge in [0.25, 0.3) is 5.56 Å². The van der Waals surface area contributed by atoms with Crippen molar-refractivity contribution in [1.82, 2.24) is 19.9 Å². The highest BCUT2D eigenvalue weighted by Gasteiger charge is 2.24. The predicted molar refractivity (Wildman–Crippen MR) is 153 cm³/mol. The van der Waals surface area contributed by atoms with Gasteiger partial charge >= 0.3 is 0 Å². The SMILES string of the molecule is CCn1c(N2CCN[C@@H](c3ccc(-c4ccc(OC)cc4)cc3)C2)nc(-c2ccncc2)cc1=O.Cl.Cl. The molecule has 1 saturated heterocycles. The maximum absolute atomic E-state index is 12.9. The van der Waals surface area contributed by atoms with E-state index in [1.54, 1.807) is 30.1 Å². The molecular formula is C28H31Cl2N5O2. The smallest absolute Gasteiger partial charge is 0.255 e. The molecule has 9 heteroatoms. The Hall–Kier alpha value is -3.39. The average molecular weight is 540 g/mol. The second-order valence-corrected chi connectivity index (χ2v) is 8.56. The zero-order valence-corrected chi connectivity index (χ0v) is 22.5. The van der Waals surface area contributed by atoms with Crippen molar-refractivity contribution in [1.29, 1.82) is 0 Å². The van der Waals surface area contributed by atoms with E-state index in [-0.39, 0.29) is 36.4 Å². The normalized spacial score (nSPS) is 14.9. The van der Waals surface area contributed by atoms with E-state index in [1.807, 2.05) is 31.2 Å². The molecule has 1 N–H and O–H groups in total. The summed E-state index contributed by atoms with van der Waals surface area (Å²) in [5.41, 5.74) is 5.06. The summed E-state index contributed by atoms with van der Waals surface area (Å²) in [6, 6.07) is 22.3. The number of rotatable bonds is 6. The van der Waals surface area contributed by atoms with Gasteiger partial charge in [0, 0.05) is 56.2 Å². The third-order valence-corrected chi connectivity index (χ3v) is 6.48. The molecule has 1 atom stereocenters. The summed E-state index contributed by atoms with van der Waals surface area (Å²) in [4.78, 5) is 24.1. The lowest BCUT2D eigenvalue weighted by molar-refractivity contribution is 0.415. The summed E-state index contributed by atoms with van der Waals surface area (Å²) in [6.07, 6.45) is 3.44. The second kappa shape index (κ2) is 12.7. The Labute approximate surface area is 229 Å². The molecule has 0 radical (unpaired) electrons. The first-order chi connectivity index (χ1) is 17.2. The Morgan fingerprint density at radius 3 is 2.22 bits per heavy atom. The molecule has 194 valence electrons. The number of hydrogen-bond donors (Lipinski definition) is 1. The van der Waals surface area contributed by atoms with Gasteiger partial charge in [0.05, 0.1) is 12.8 Å². The van der Waals surface area contributed by atoms with Crippen molar-refractivity contribution in [3.05, 3.63) is 95.0 Å². The maximum atomic E-state index is 12.9. The highest BCUT2D eigenvalue weighted by molar-refractivity contribution is 5.85. The van der Waals surface area contributed by atoms with Crippen LogP contribution in [0.15, 0.2) is 83.9 Å². The van der Waals surface area contributed by atoms with E-state index in [0.717, 1.165) is 42.1 Å². The lowest BCUT2D eigenvalue weighted by Crippen LogP contribution is -2.48. The first kappa shape index (κ1) is 28.2. The van der Waals surface area contributed by atoms with Gasteiger partial charge in [0.1, 0.15) is 5.75 Å². The predicted octanol–water partition coefficient (Wildman–Crippen LogP) is 5.00. The number of hydrogen-bond acceptors (Lipinski definition) is 6. The van der Waals surface area contributed by atoms with Crippen molar-refractivity contribution in [3.63, 3.8) is 0 Å². The molecule has 0 unspecified atom stereocenters. The number of methoxy groups -OCH3 is 1. The van der Waals surface area contributed by atoms with Crippen LogP contribution in [0.1, 0.15) is 18.5 Å². The number of nitrogens with zero attached hydrogens (tertiary/aromatic N) is 4. The number of ether oxygens (including phenoxy) is 1. The van der Waals surface area contributed by atoms with E-state index < -0.39 is 0 Å². The van der Waals surface area contributed by atoms with Crippen molar-refractivity contribution in [2.24, 2.45) is 0 Å². The molecular weight excluding hydrogens is 509 g/mol. The minimum atomic E-state index is -0.0387. The molecule has 0 aliphatic carbocycles. The lowest BCUT2D eigenvalue weighted by Gasteiger charge is -2.35. The van der Waals surface area contributed by atoms with Gasteiger partial charge in [0.15, 0.2) is 0 Å². The first-order valence-electron chi connectivity index (χ1n) is 11.9. The van der Waals surface area contributed by atoms with Gasteiger partial charge in [-0.25, -0.2) is 4.98 Å². The fourth-order valence-corrected chi connectivity index (χ4v) is 4.55. The Balaban J connectivity index is 0.00000190. The third kappa shape index (κ3) is 6.13. The van der Waals surface area contributed by atoms with Gasteiger partial charge in [-0.1, -0.05) is 36.4 Å². The Morgan fingerprint density at radius 1 is 0.946 bits per heavy atom. The zero-order chi connectivity index (χ0) is 24.2. The van der Waals surface area contributed by atoms with Crippen LogP contribution in [0.25, 0.3) is 22.4 Å². The molecule has 0 bridgehead atoms. The van der Waals surface area contributed by atoms with E-state index in [0.29, 0.717) is 18.2 Å². The maximum Gasteiger partial charge on any atom is 0.255 e. The number of benzene rings is 2. The topological polar surface area (TPSA) is 72.3 Å². The number of halogens is 2. The molecule has 5 rings (SSSR count). The number of nitrogens with one attached hydrogen (secondary N) is 1. The first-order valence-corrected chi connectivity index (χ1v) is 11.9. The monoisotopic (exact) mass is 539 g/mol. The molecule has 1 aliphatic rings. The van der Waals surface area contributed by atoms with Gasteiger partial charge in [-0.2, -0.15) is 0 Å². The van der Waals surface area contributed by atoms with Gasteiger partial charge in [-0.15, -0.1) is 24.8 Å². The minimum Gasteiger partial charge on any atom is -0.497 e. The fourth-order valence-electron chi connectivity index (χ4n) is 4.55. The van der Waals surface area contributed by atoms with Gasteiger partial charge < -0.3 is 15.0 Å². The molecule has 4 aromatic rings. The lowest BCUT2D eigenvalue weighted by atomic mass is 9.99. The summed E-state index contributed by atoms with van der Waals surface area (Å²) < 4.78 is 7.01. The number of anilines is 1. The van der Waals surface area contributed by atoms with Crippen LogP contribution in [0.4, 0.5) is 5.95 Å². The molecule has 0 spiro atoms. The summed E-state index contributed by atoms with van der Waals surface area (Å²) in [5, 5.41) is 3.63. The minimum absolute atomic E-state index is 0. The van der Waals surface area contributed by atoms with Crippen LogP contribution >= 0.6 is 24.8 Å². The summed E-state index contributed by atoms with van der Waals surface area (Å²) in [6.45, 7) is 4.88. The summed E-state index contributed by atoms with van der Waals surface area (Å²) in [7, 11) is 1.68. The van der Waals surface area contributed by atoms with E-state index in [9.17, 15) is 4.79 Å². The van der Waals surface area contributed by atoms with Gasteiger partial charge in [-0.05, 0) is 47.9 Å². The molecule has 37 heavy (non-hydrogen) atoms. The van der Waals surface area contributed by atoms with Crippen molar-refractivity contribution in [2.75, 3.05) is 31.6 Å². The van der Waals surface area contributed by atoms with Crippen molar-refractivity contribution in [2.45, 2.75) is 19.5 Å². The van der Waals surface area contributed by atoms with Crippen molar-refractivity contribution in [3.8, 4) is 28.1 Å². The fraction of sp³-hybridized carbons (Fsp3) is 0.250. The number of pyridine rings is 1. The third-order valence-electron chi connectivity index (χ3n) is 6.48. The Morgan fingerprint density at radius 2 is 1.59 bits per heavy atom. The average Bonchev–Trinajstić information content (AvgIpc) is 2.93. The number of piperazine rings is 1. The van der Waals surface area contributed by atoms with Crippen LogP contribution in [0, 0.1) is 0 Å².